The molecule has 1 rings (SSSR count). The van der Waals surface area contributed by atoms with Gasteiger partial charge in [0.15, 0.2) is 0 Å². The van der Waals surface area contributed by atoms with Crippen LogP contribution in [0.2, 0.25) is 0 Å². The second-order valence-electron chi connectivity index (χ2n) is 3.51. The largest absolute Gasteiger partial charge is 0.492 e. The molecule has 0 saturated carbocycles. The quantitative estimate of drug-likeness (QED) is 0.764. The van der Waals surface area contributed by atoms with E-state index in [1.807, 2.05) is 38.4 Å². The van der Waals surface area contributed by atoms with Crippen molar-refractivity contribution in [3.8, 4) is 5.75 Å². The summed E-state index contributed by atoms with van der Waals surface area (Å²) in [6.07, 6.45) is 0. The molecule has 3 nitrogen and oxygen atoms in total. The lowest BCUT2D eigenvalue weighted by Gasteiger charge is -2.13. The lowest BCUT2D eigenvalue weighted by Crippen LogP contribution is -2.20. The molecule has 0 heterocycles. The summed E-state index contributed by atoms with van der Waals surface area (Å²) >= 11 is 4.94. The molecule has 4 heteroatoms. The molecule has 0 aliphatic rings. The zero-order valence-corrected chi connectivity index (χ0v) is 9.88. The summed E-state index contributed by atoms with van der Waals surface area (Å²) in [5.41, 5.74) is 6.38. The van der Waals surface area contributed by atoms with Crippen LogP contribution in [0.15, 0.2) is 24.3 Å². The molecule has 82 valence electrons. The van der Waals surface area contributed by atoms with E-state index in [1.54, 1.807) is 0 Å². The number of hydrogen-bond acceptors (Lipinski definition) is 3. The molecule has 1 aromatic rings. The fraction of sp³-hybridized carbons (Fsp3) is 0.364. The van der Waals surface area contributed by atoms with Gasteiger partial charge < -0.3 is 15.4 Å². The molecule has 0 atom stereocenters. The van der Waals surface area contributed by atoms with Crippen molar-refractivity contribution in [1.29, 1.82) is 0 Å². The summed E-state index contributed by atoms with van der Waals surface area (Å²) in [7, 11) is 4.01. The van der Waals surface area contributed by atoms with Crippen molar-refractivity contribution in [1.82, 2.24) is 4.90 Å². The van der Waals surface area contributed by atoms with Gasteiger partial charge in [0.25, 0.3) is 0 Å². The average molecular weight is 224 g/mol. The minimum absolute atomic E-state index is 0.371. The number of hydrogen-bond donors (Lipinski definition) is 1. The lowest BCUT2D eigenvalue weighted by molar-refractivity contribution is 0.261. The van der Waals surface area contributed by atoms with Crippen LogP contribution in [0.1, 0.15) is 5.56 Å². The zero-order chi connectivity index (χ0) is 11.3. The first kappa shape index (κ1) is 11.9. The van der Waals surface area contributed by atoms with Gasteiger partial charge in [-0.3, -0.25) is 0 Å². The first-order chi connectivity index (χ1) is 7.11. The Morgan fingerprint density at radius 2 is 2.07 bits per heavy atom. The molecule has 0 saturated heterocycles. The van der Waals surface area contributed by atoms with Crippen molar-refractivity contribution < 1.29 is 4.74 Å². The number of thiocarbonyl (C=S) groups is 1. The highest BCUT2D eigenvalue weighted by molar-refractivity contribution is 7.80. The Balaban J connectivity index is 2.63. The van der Waals surface area contributed by atoms with Crippen LogP contribution in [-0.2, 0) is 0 Å². The lowest BCUT2D eigenvalue weighted by atomic mass is 10.2. The van der Waals surface area contributed by atoms with Crippen molar-refractivity contribution in [2.75, 3.05) is 27.2 Å². The molecule has 0 amide bonds. The van der Waals surface area contributed by atoms with Crippen molar-refractivity contribution in [3.63, 3.8) is 0 Å². The van der Waals surface area contributed by atoms with Crippen molar-refractivity contribution in [2.45, 2.75) is 0 Å². The molecular weight excluding hydrogens is 208 g/mol. The Morgan fingerprint density at radius 1 is 1.40 bits per heavy atom. The summed E-state index contributed by atoms with van der Waals surface area (Å²) < 4.78 is 5.60. The third-order valence-electron chi connectivity index (χ3n) is 1.95. The normalized spacial score (nSPS) is 10.3. The number of rotatable bonds is 5. The van der Waals surface area contributed by atoms with E-state index in [4.69, 9.17) is 22.7 Å². The molecule has 0 unspecified atom stereocenters. The standard InChI is InChI=1S/C11H16N2OS/c1-13(2)7-8-14-10-6-4-3-5-9(10)11(12)15/h3-6H,7-8H2,1-2H3,(H2,12,15). The second-order valence-corrected chi connectivity index (χ2v) is 3.95. The van der Waals surface area contributed by atoms with Crippen LogP contribution in [0.3, 0.4) is 0 Å². The van der Waals surface area contributed by atoms with Crippen LogP contribution >= 0.6 is 12.2 Å². The van der Waals surface area contributed by atoms with Crippen LogP contribution in [0.5, 0.6) is 5.75 Å². The van der Waals surface area contributed by atoms with E-state index in [0.717, 1.165) is 17.9 Å². The number of ether oxygens (including phenoxy) is 1. The number of likely N-dealkylation sites (N-methyl/N-ethyl adjacent to an activating group) is 1. The van der Waals surface area contributed by atoms with Crippen LogP contribution in [0.4, 0.5) is 0 Å². The van der Waals surface area contributed by atoms with Crippen LogP contribution in [0.25, 0.3) is 0 Å². The second kappa shape index (κ2) is 5.68. The predicted octanol–water partition coefficient (Wildman–Crippen LogP) is 1.26. The number of nitrogens with zero attached hydrogens (tertiary/aromatic N) is 1. The fourth-order valence-electron chi connectivity index (χ4n) is 1.13. The molecular formula is C11H16N2OS. The maximum absolute atomic E-state index is 5.60. The van der Waals surface area contributed by atoms with Crippen molar-refractivity contribution in [3.05, 3.63) is 29.8 Å². The van der Waals surface area contributed by atoms with Gasteiger partial charge >= 0.3 is 0 Å². The van der Waals surface area contributed by atoms with E-state index in [-0.39, 0.29) is 0 Å². The van der Waals surface area contributed by atoms with Gasteiger partial charge in [0, 0.05) is 6.54 Å². The van der Waals surface area contributed by atoms with E-state index in [2.05, 4.69) is 4.90 Å². The molecule has 0 spiro atoms. The van der Waals surface area contributed by atoms with Gasteiger partial charge in [0.05, 0.1) is 5.56 Å². The number of para-hydroxylation sites is 1. The maximum Gasteiger partial charge on any atom is 0.129 e. The number of nitrogens with two attached hydrogens (primary N) is 1. The van der Waals surface area contributed by atoms with E-state index in [1.165, 1.54) is 0 Å². The molecule has 0 fully saturated rings. The Morgan fingerprint density at radius 3 is 2.67 bits per heavy atom. The molecule has 1 aromatic carbocycles. The average Bonchev–Trinajstić information content (AvgIpc) is 2.17. The van der Waals surface area contributed by atoms with E-state index in [0.29, 0.717) is 11.6 Å². The third-order valence-corrected chi connectivity index (χ3v) is 2.17. The molecule has 15 heavy (non-hydrogen) atoms. The Hall–Kier alpha value is -1.13. The smallest absolute Gasteiger partial charge is 0.129 e. The minimum Gasteiger partial charge on any atom is -0.492 e. The monoisotopic (exact) mass is 224 g/mol. The highest BCUT2D eigenvalue weighted by Crippen LogP contribution is 2.17. The van der Waals surface area contributed by atoms with Crippen LogP contribution < -0.4 is 10.5 Å². The maximum atomic E-state index is 5.60. The summed E-state index contributed by atoms with van der Waals surface area (Å²) in [5, 5.41) is 0. The Bertz CT molecular complexity index is 339. The topological polar surface area (TPSA) is 38.5 Å². The van der Waals surface area contributed by atoms with E-state index >= 15 is 0 Å². The third kappa shape index (κ3) is 3.85. The van der Waals surface area contributed by atoms with Gasteiger partial charge in [-0.05, 0) is 26.2 Å². The summed E-state index contributed by atoms with van der Waals surface area (Å²) in [4.78, 5) is 2.43. The van der Waals surface area contributed by atoms with Crippen LogP contribution in [0, 0.1) is 0 Å². The van der Waals surface area contributed by atoms with Gasteiger partial charge in [-0.25, -0.2) is 0 Å². The Kier molecular flexibility index (Phi) is 4.52. The first-order valence-corrected chi connectivity index (χ1v) is 5.18. The molecule has 0 radical (unpaired) electrons. The highest BCUT2D eigenvalue weighted by Gasteiger charge is 2.04. The SMILES string of the molecule is CN(C)CCOc1ccccc1C(N)=S. The first-order valence-electron chi connectivity index (χ1n) is 4.77. The summed E-state index contributed by atoms with van der Waals surface area (Å²) in [5.74, 6) is 0.756. The van der Waals surface area contributed by atoms with Crippen molar-refractivity contribution in [2.24, 2.45) is 5.73 Å². The van der Waals surface area contributed by atoms with Gasteiger partial charge in [-0.1, -0.05) is 24.4 Å². The molecule has 2 N–H and O–H groups in total. The highest BCUT2D eigenvalue weighted by atomic mass is 32.1. The van der Waals surface area contributed by atoms with Crippen molar-refractivity contribution >= 4 is 17.2 Å². The molecule has 0 bridgehead atoms. The van der Waals surface area contributed by atoms with Crippen LogP contribution in [-0.4, -0.2) is 37.1 Å². The van der Waals surface area contributed by atoms with E-state index < -0.39 is 0 Å². The number of benzene rings is 1. The predicted molar refractivity (Wildman–Crippen MR) is 66.4 cm³/mol. The van der Waals surface area contributed by atoms with Gasteiger partial charge in [-0.2, -0.15) is 0 Å². The van der Waals surface area contributed by atoms with Gasteiger partial charge in [0.1, 0.15) is 17.3 Å². The van der Waals surface area contributed by atoms with E-state index in [9.17, 15) is 0 Å². The van der Waals surface area contributed by atoms with Gasteiger partial charge in [0.2, 0.25) is 0 Å². The Labute approximate surface area is 95.8 Å². The zero-order valence-electron chi connectivity index (χ0n) is 9.06. The molecule has 0 aliphatic heterocycles. The van der Waals surface area contributed by atoms with Gasteiger partial charge in [-0.15, -0.1) is 0 Å². The minimum atomic E-state index is 0.371. The summed E-state index contributed by atoms with van der Waals surface area (Å²) in [6.45, 7) is 1.50. The summed E-state index contributed by atoms with van der Waals surface area (Å²) in [6, 6.07) is 7.55. The molecule has 0 aromatic heterocycles. The fourth-order valence-corrected chi connectivity index (χ4v) is 1.30. The molecule has 0 aliphatic carbocycles.